The fraction of sp³-hybridized carbons (Fsp3) is 0.120. The Kier molecular flexibility index (Phi) is 4.56. The summed E-state index contributed by atoms with van der Waals surface area (Å²) in [6.07, 6.45) is 1.49. The number of para-hydroxylation sites is 2. The molecule has 5 nitrogen and oxygen atoms in total. The van der Waals surface area contributed by atoms with Crippen molar-refractivity contribution in [1.82, 2.24) is 14.9 Å². The lowest BCUT2D eigenvalue weighted by Gasteiger charge is -2.16. The van der Waals surface area contributed by atoms with E-state index in [9.17, 15) is 4.79 Å². The highest BCUT2D eigenvalue weighted by Gasteiger charge is 2.20. The molecule has 2 heterocycles. The van der Waals surface area contributed by atoms with Gasteiger partial charge in [0.2, 0.25) is 0 Å². The van der Waals surface area contributed by atoms with Crippen molar-refractivity contribution >= 4 is 27.7 Å². The maximum Gasteiger partial charge on any atom is 0.287 e. The van der Waals surface area contributed by atoms with Gasteiger partial charge in [0, 0.05) is 6.54 Å². The Morgan fingerprint density at radius 1 is 1.00 bits per heavy atom. The van der Waals surface area contributed by atoms with E-state index in [0.29, 0.717) is 12.3 Å². The molecule has 0 fully saturated rings. The van der Waals surface area contributed by atoms with E-state index in [1.54, 1.807) is 12.1 Å². The summed E-state index contributed by atoms with van der Waals surface area (Å²) in [6, 6.07) is 26.0. The minimum absolute atomic E-state index is 0.253. The van der Waals surface area contributed by atoms with Crippen LogP contribution < -0.4 is 5.32 Å². The first-order valence-corrected chi connectivity index (χ1v) is 9.96. The van der Waals surface area contributed by atoms with Gasteiger partial charge in [-0.25, -0.2) is 4.98 Å². The summed E-state index contributed by atoms with van der Waals surface area (Å²) in [6.45, 7) is 2.61. The molecule has 0 aliphatic carbocycles. The second kappa shape index (κ2) is 7.52. The lowest BCUT2D eigenvalue weighted by atomic mass is 10.1. The maximum atomic E-state index is 12.5. The first-order valence-electron chi connectivity index (χ1n) is 9.96. The minimum Gasteiger partial charge on any atom is -0.459 e. The summed E-state index contributed by atoms with van der Waals surface area (Å²) in [4.78, 5) is 17.3. The zero-order valence-electron chi connectivity index (χ0n) is 16.6. The van der Waals surface area contributed by atoms with E-state index < -0.39 is 0 Å². The molecule has 5 heteroatoms. The Labute approximate surface area is 174 Å². The lowest BCUT2D eigenvalue weighted by Crippen LogP contribution is -2.28. The molecule has 3 aromatic carbocycles. The van der Waals surface area contributed by atoms with Crippen molar-refractivity contribution in [3.8, 4) is 0 Å². The fourth-order valence-electron chi connectivity index (χ4n) is 3.85. The zero-order chi connectivity index (χ0) is 20.5. The SMILES string of the molecule is CC(NC(=O)c1ccco1)c1nc2ccccc2n1Cc1ccc2ccccc2c1. The molecule has 148 valence electrons. The summed E-state index contributed by atoms with van der Waals surface area (Å²) in [7, 11) is 0. The van der Waals surface area contributed by atoms with Gasteiger partial charge in [-0.3, -0.25) is 4.79 Å². The van der Waals surface area contributed by atoms with Gasteiger partial charge in [-0.05, 0) is 53.6 Å². The number of carbonyl (C=O) groups is 1. The van der Waals surface area contributed by atoms with E-state index in [1.807, 2.05) is 31.2 Å². The van der Waals surface area contributed by atoms with Crippen LogP contribution in [0.5, 0.6) is 0 Å². The molecule has 2 aromatic heterocycles. The normalized spacial score (nSPS) is 12.3. The number of fused-ring (bicyclic) bond motifs is 2. The van der Waals surface area contributed by atoms with Crippen molar-refractivity contribution < 1.29 is 9.21 Å². The third-order valence-corrected chi connectivity index (χ3v) is 5.32. The van der Waals surface area contributed by atoms with Crippen LogP contribution in [0.4, 0.5) is 0 Å². The van der Waals surface area contributed by atoms with Gasteiger partial charge in [0.25, 0.3) is 5.91 Å². The third kappa shape index (κ3) is 3.35. The van der Waals surface area contributed by atoms with Gasteiger partial charge in [-0.2, -0.15) is 0 Å². The van der Waals surface area contributed by atoms with Gasteiger partial charge in [0.05, 0.1) is 23.3 Å². The fourth-order valence-corrected chi connectivity index (χ4v) is 3.85. The van der Waals surface area contributed by atoms with Gasteiger partial charge >= 0.3 is 0 Å². The number of aromatic nitrogens is 2. The summed E-state index contributed by atoms with van der Waals surface area (Å²) in [5, 5.41) is 5.43. The van der Waals surface area contributed by atoms with E-state index in [2.05, 4.69) is 52.3 Å². The number of nitrogens with one attached hydrogen (secondary N) is 1. The average Bonchev–Trinajstić information content (AvgIpc) is 3.43. The van der Waals surface area contributed by atoms with Crippen molar-refractivity contribution in [3.63, 3.8) is 0 Å². The van der Waals surface area contributed by atoms with Crippen LogP contribution in [0.3, 0.4) is 0 Å². The van der Waals surface area contributed by atoms with Crippen molar-refractivity contribution in [3.05, 3.63) is 102 Å². The number of carbonyl (C=O) groups excluding carboxylic acids is 1. The Balaban J connectivity index is 1.52. The van der Waals surface area contributed by atoms with Crippen molar-refractivity contribution in [1.29, 1.82) is 0 Å². The van der Waals surface area contributed by atoms with Crippen LogP contribution in [-0.4, -0.2) is 15.5 Å². The molecule has 0 radical (unpaired) electrons. The summed E-state index contributed by atoms with van der Waals surface area (Å²) in [5.74, 6) is 0.847. The number of benzene rings is 3. The summed E-state index contributed by atoms with van der Waals surface area (Å²) >= 11 is 0. The monoisotopic (exact) mass is 395 g/mol. The van der Waals surface area contributed by atoms with Gasteiger partial charge in [-0.1, -0.05) is 48.5 Å². The van der Waals surface area contributed by atoms with Crippen molar-refractivity contribution in [2.75, 3.05) is 0 Å². The van der Waals surface area contributed by atoms with Crippen LogP contribution in [0.2, 0.25) is 0 Å². The van der Waals surface area contributed by atoms with E-state index >= 15 is 0 Å². The number of nitrogens with zero attached hydrogens (tertiary/aromatic N) is 2. The van der Waals surface area contributed by atoms with E-state index in [0.717, 1.165) is 16.9 Å². The number of amides is 1. The second-order valence-corrected chi connectivity index (χ2v) is 7.40. The largest absolute Gasteiger partial charge is 0.459 e. The molecule has 0 bridgehead atoms. The number of hydrogen-bond acceptors (Lipinski definition) is 3. The Morgan fingerprint density at radius 3 is 2.63 bits per heavy atom. The molecule has 1 atom stereocenters. The molecule has 0 saturated heterocycles. The maximum absolute atomic E-state index is 12.5. The molecule has 5 rings (SSSR count). The molecule has 0 aliphatic rings. The lowest BCUT2D eigenvalue weighted by molar-refractivity contribution is 0.0909. The highest BCUT2D eigenvalue weighted by molar-refractivity contribution is 5.91. The predicted octanol–water partition coefficient (Wildman–Crippen LogP) is 5.32. The van der Waals surface area contributed by atoms with E-state index in [4.69, 9.17) is 9.40 Å². The molecular weight excluding hydrogens is 374 g/mol. The summed E-state index contributed by atoms with van der Waals surface area (Å²) < 4.78 is 7.39. The molecule has 0 spiro atoms. The van der Waals surface area contributed by atoms with Gasteiger partial charge in [0.1, 0.15) is 5.82 Å². The van der Waals surface area contributed by atoms with Crippen LogP contribution in [0.15, 0.2) is 89.5 Å². The van der Waals surface area contributed by atoms with E-state index in [-0.39, 0.29) is 11.9 Å². The van der Waals surface area contributed by atoms with Gasteiger partial charge in [-0.15, -0.1) is 0 Å². The molecule has 5 aromatic rings. The molecule has 1 N–H and O–H groups in total. The zero-order valence-corrected chi connectivity index (χ0v) is 16.6. The molecular formula is C25H21N3O2. The minimum atomic E-state index is -0.282. The first kappa shape index (κ1) is 18.2. The van der Waals surface area contributed by atoms with Crippen LogP contribution in [0.1, 0.15) is 34.9 Å². The molecule has 1 amide bonds. The van der Waals surface area contributed by atoms with Gasteiger partial charge < -0.3 is 14.3 Å². The molecule has 30 heavy (non-hydrogen) atoms. The Hall–Kier alpha value is -3.86. The van der Waals surface area contributed by atoms with Crippen molar-refractivity contribution in [2.24, 2.45) is 0 Å². The molecule has 0 aliphatic heterocycles. The van der Waals surface area contributed by atoms with Crippen LogP contribution >= 0.6 is 0 Å². The Morgan fingerprint density at radius 2 is 1.80 bits per heavy atom. The Bertz CT molecular complexity index is 1340. The second-order valence-electron chi connectivity index (χ2n) is 7.40. The van der Waals surface area contributed by atoms with Gasteiger partial charge in [0.15, 0.2) is 5.76 Å². The number of furan rings is 1. The highest BCUT2D eigenvalue weighted by Crippen LogP contribution is 2.24. The van der Waals surface area contributed by atoms with E-state index in [1.165, 1.54) is 22.6 Å². The molecule has 1 unspecified atom stereocenters. The highest BCUT2D eigenvalue weighted by atomic mass is 16.3. The molecule has 0 saturated carbocycles. The first-order chi connectivity index (χ1) is 14.7. The summed E-state index contributed by atoms with van der Waals surface area (Å²) in [5.41, 5.74) is 3.13. The third-order valence-electron chi connectivity index (χ3n) is 5.32. The number of rotatable bonds is 5. The predicted molar refractivity (Wildman–Crippen MR) is 117 cm³/mol. The smallest absolute Gasteiger partial charge is 0.287 e. The topological polar surface area (TPSA) is 60.1 Å². The van der Waals surface area contributed by atoms with Crippen molar-refractivity contribution in [2.45, 2.75) is 19.5 Å². The van der Waals surface area contributed by atoms with Crippen LogP contribution in [0, 0.1) is 0 Å². The number of imidazole rings is 1. The average molecular weight is 395 g/mol. The quantitative estimate of drug-likeness (QED) is 0.438. The van der Waals surface area contributed by atoms with Crippen LogP contribution in [0.25, 0.3) is 21.8 Å². The number of hydrogen-bond donors (Lipinski definition) is 1. The van der Waals surface area contributed by atoms with Crippen LogP contribution in [-0.2, 0) is 6.54 Å². The standard InChI is InChI=1S/C25H21N3O2/c1-17(26-25(29)23-11-6-14-30-23)24-27-21-9-4-5-10-22(21)28(24)16-18-12-13-19-7-2-3-8-20(19)15-18/h2-15,17H,16H2,1H3,(H,26,29).